The molecule has 0 bridgehead atoms. The van der Waals surface area contributed by atoms with Gasteiger partial charge in [0, 0.05) is 6.42 Å². The van der Waals surface area contributed by atoms with Gasteiger partial charge in [0.15, 0.2) is 5.41 Å². The summed E-state index contributed by atoms with van der Waals surface area (Å²) in [6.45, 7) is 2.19. The Labute approximate surface area is 115 Å². The molecule has 0 N–H and O–H groups in total. The Morgan fingerprint density at radius 1 is 1.11 bits per heavy atom. The number of benzene rings is 1. The van der Waals surface area contributed by atoms with Gasteiger partial charge < -0.3 is 0 Å². The molecule has 0 radical (unpaired) electrons. The molecule has 1 aromatic carbocycles. The van der Waals surface area contributed by atoms with Crippen molar-refractivity contribution in [1.29, 1.82) is 10.5 Å². The molecule has 0 saturated heterocycles. The molecule has 2 heteroatoms. The van der Waals surface area contributed by atoms with Gasteiger partial charge >= 0.3 is 0 Å². The van der Waals surface area contributed by atoms with Crippen molar-refractivity contribution in [2.75, 3.05) is 0 Å². The van der Waals surface area contributed by atoms with Crippen LogP contribution in [-0.4, -0.2) is 0 Å². The summed E-state index contributed by atoms with van der Waals surface area (Å²) in [6, 6.07) is 14.6. The minimum Gasteiger partial charge on any atom is -0.197 e. The Balaban J connectivity index is 2.28. The predicted octanol–water partition coefficient (Wildman–Crippen LogP) is 4.09. The van der Waals surface area contributed by atoms with Crippen LogP contribution < -0.4 is 0 Å². The first-order valence-corrected chi connectivity index (χ1v) is 7.08. The Hall–Kier alpha value is -1.80. The van der Waals surface area contributed by atoms with Crippen molar-refractivity contribution in [3.63, 3.8) is 0 Å². The summed E-state index contributed by atoms with van der Waals surface area (Å²) in [5.41, 5.74) is 0.227. The zero-order valence-corrected chi connectivity index (χ0v) is 11.5. The minimum absolute atomic E-state index is 0.205. The standard InChI is InChI=1S/C17H20N2/c1-14-7-5-6-10-16(14)17(12-18,13-19)11-15-8-3-2-4-9-15/h2-4,8-9,14,16H,5-7,10-11H2,1H3/t14-,16+/m1/s1. The highest BCUT2D eigenvalue weighted by molar-refractivity contribution is 5.26. The van der Waals surface area contributed by atoms with E-state index in [1.807, 2.05) is 30.3 Å². The fraction of sp³-hybridized carbons (Fsp3) is 0.529. The van der Waals surface area contributed by atoms with Crippen LogP contribution in [0.3, 0.4) is 0 Å². The summed E-state index contributed by atoms with van der Waals surface area (Å²) in [4.78, 5) is 0. The Kier molecular flexibility index (Phi) is 4.23. The van der Waals surface area contributed by atoms with Gasteiger partial charge in [0.05, 0.1) is 12.1 Å². The van der Waals surface area contributed by atoms with Crippen LogP contribution in [-0.2, 0) is 6.42 Å². The molecule has 1 aromatic rings. The summed E-state index contributed by atoms with van der Waals surface area (Å²) in [7, 11) is 0. The quantitative estimate of drug-likeness (QED) is 0.813. The smallest absolute Gasteiger partial charge is 0.150 e. The summed E-state index contributed by atoms with van der Waals surface area (Å²) >= 11 is 0. The van der Waals surface area contributed by atoms with E-state index in [4.69, 9.17) is 0 Å². The van der Waals surface area contributed by atoms with E-state index in [0.29, 0.717) is 12.3 Å². The molecular weight excluding hydrogens is 232 g/mol. The lowest BCUT2D eigenvalue weighted by Crippen LogP contribution is -2.36. The van der Waals surface area contributed by atoms with Crippen LogP contribution in [0.1, 0.15) is 38.2 Å². The van der Waals surface area contributed by atoms with Crippen molar-refractivity contribution < 1.29 is 0 Å². The molecule has 0 amide bonds. The summed E-state index contributed by atoms with van der Waals surface area (Å²) < 4.78 is 0. The Morgan fingerprint density at radius 3 is 2.32 bits per heavy atom. The molecule has 1 fully saturated rings. The van der Waals surface area contributed by atoms with E-state index in [9.17, 15) is 10.5 Å². The van der Waals surface area contributed by atoms with Crippen LogP contribution in [0.4, 0.5) is 0 Å². The molecule has 98 valence electrons. The molecule has 0 aromatic heterocycles. The maximum absolute atomic E-state index is 9.64. The summed E-state index contributed by atoms with van der Waals surface area (Å²) in [5.74, 6) is 0.674. The number of nitriles is 2. The number of rotatable bonds is 3. The second-order valence-corrected chi connectivity index (χ2v) is 5.73. The van der Waals surface area contributed by atoms with Crippen LogP contribution in [0.5, 0.6) is 0 Å². The first-order valence-electron chi connectivity index (χ1n) is 7.08. The normalized spacial score (nSPS) is 23.3. The van der Waals surface area contributed by atoms with E-state index in [1.54, 1.807) is 0 Å². The van der Waals surface area contributed by atoms with Crippen LogP contribution >= 0.6 is 0 Å². The maximum Gasteiger partial charge on any atom is 0.150 e. The zero-order valence-electron chi connectivity index (χ0n) is 11.5. The first kappa shape index (κ1) is 13.6. The molecule has 2 atom stereocenters. The van der Waals surface area contributed by atoms with E-state index in [-0.39, 0.29) is 5.92 Å². The van der Waals surface area contributed by atoms with Gasteiger partial charge in [0.1, 0.15) is 0 Å². The third kappa shape index (κ3) is 2.79. The lowest BCUT2D eigenvalue weighted by Gasteiger charge is -2.37. The first-order chi connectivity index (χ1) is 9.22. The highest BCUT2D eigenvalue weighted by Crippen LogP contribution is 2.43. The third-order valence-electron chi connectivity index (χ3n) is 4.47. The SMILES string of the molecule is C[C@@H]1CCCC[C@@H]1C(C#N)(C#N)Cc1ccccc1. The molecule has 2 rings (SSSR count). The third-order valence-corrected chi connectivity index (χ3v) is 4.47. The van der Waals surface area contributed by atoms with Gasteiger partial charge in [-0.05, 0) is 23.8 Å². The van der Waals surface area contributed by atoms with E-state index >= 15 is 0 Å². The molecule has 1 aliphatic carbocycles. The fourth-order valence-corrected chi connectivity index (χ4v) is 3.37. The largest absolute Gasteiger partial charge is 0.197 e. The average Bonchev–Trinajstić information content (AvgIpc) is 2.47. The predicted molar refractivity (Wildman–Crippen MR) is 74.9 cm³/mol. The fourth-order valence-electron chi connectivity index (χ4n) is 3.37. The average molecular weight is 252 g/mol. The van der Waals surface area contributed by atoms with Crippen molar-refractivity contribution in [3.8, 4) is 12.1 Å². The van der Waals surface area contributed by atoms with Gasteiger partial charge in [-0.2, -0.15) is 10.5 Å². The zero-order chi connectivity index (χ0) is 13.7. The Morgan fingerprint density at radius 2 is 1.74 bits per heavy atom. The maximum atomic E-state index is 9.64. The second-order valence-electron chi connectivity index (χ2n) is 5.73. The number of nitrogens with zero attached hydrogens (tertiary/aromatic N) is 2. The lowest BCUT2D eigenvalue weighted by molar-refractivity contribution is 0.160. The topological polar surface area (TPSA) is 47.6 Å². The van der Waals surface area contributed by atoms with Crippen molar-refractivity contribution >= 4 is 0 Å². The van der Waals surface area contributed by atoms with E-state index in [0.717, 1.165) is 24.8 Å². The lowest BCUT2D eigenvalue weighted by atomic mass is 9.63. The summed E-state index contributed by atoms with van der Waals surface area (Å²) in [6.07, 6.45) is 5.08. The van der Waals surface area contributed by atoms with E-state index < -0.39 is 5.41 Å². The van der Waals surface area contributed by atoms with Crippen LogP contribution in [0, 0.1) is 39.9 Å². The molecule has 1 saturated carbocycles. The van der Waals surface area contributed by atoms with Crippen molar-refractivity contribution in [1.82, 2.24) is 0 Å². The molecule has 1 aliphatic rings. The molecule has 19 heavy (non-hydrogen) atoms. The number of hydrogen-bond donors (Lipinski definition) is 0. The number of hydrogen-bond acceptors (Lipinski definition) is 2. The van der Waals surface area contributed by atoms with Gasteiger partial charge in [0.2, 0.25) is 0 Å². The van der Waals surface area contributed by atoms with Gasteiger partial charge in [-0.25, -0.2) is 0 Å². The van der Waals surface area contributed by atoms with Gasteiger partial charge in [-0.1, -0.05) is 56.5 Å². The Bertz CT molecular complexity index is 478. The van der Waals surface area contributed by atoms with E-state index in [1.165, 1.54) is 6.42 Å². The van der Waals surface area contributed by atoms with Crippen LogP contribution in [0.2, 0.25) is 0 Å². The highest BCUT2D eigenvalue weighted by atomic mass is 14.5. The molecule has 0 unspecified atom stereocenters. The van der Waals surface area contributed by atoms with Crippen molar-refractivity contribution in [2.45, 2.75) is 39.0 Å². The molecule has 0 heterocycles. The molecule has 0 spiro atoms. The highest BCUT2D eigenvalue weighted by Gasteiger charge is 2.43. The van der Waals surface area contributed by atoms with Gasteiger partial charge in [-0.3, -0.25) is 0 Å². The molecule has 2 nitrogen and oxygen atoms in total. The molecule has 0 aliphatic heterocycles. The van der Waals surface area contributed by atoms with Crippen LogP contribution in [0.15, 0.2) is 30.3 Å². The van der Waals surface area contributed by atoms with Gasteiger partial charge in [-0.15, -0.1) is 0 Å². The van der Waals surface area contributed by atoms with Gasteiger partial charge in [0.25, 0.3) is 0 Å². The van der Waals surface area contributed by atoms with Crippen molar-refractivity contribution in [2.24, 2.45) is 17.3 Å². The van der Waals surface area contributed by atoms with Crippen LogP contribution in [0.25, 0.3) is 0 Å². The second kappa shape index (κ2) is 5.89. The summed E-state index contributed by atoms with van der Waals surface area (Å²) in [5, 5.41) is 19.3. The monoisotopic (exact) mass is 252 g/mol. The molecular formula is C17H20N2. The van der Waals surface area contributed by atoms with E-state index in [2.05, 4.69) is 19.1 Å². The van der Waals surface area contributed by atoms with Crippen molar-refractivity contribution in [3.05, 3.63) is 35.9 Å². The minimum atomic E-state index is -0.860.